The van der Waals surface area contributed by atoms with Crippen molar-refractivity contribution in [2.75, 3.05) is 6.54 Å². The summed E-state index contributed by atoms with van der Waals surface area (Å²) in [6, 6.07) is 9.53. The van der Waals surface area contributed by atoms with Gasteiger partial charge in [-0.3, -0.25) is 9.78 Å². The van der Waals surface area contributed by atoms with Gasteiger partial charge in [0.15, 0.2) is 0 Å². The quantitative estimate of drug-likeness (QED) is 0.873. The molecule has 0 saturated heterocycles. The number of carbonyl (C=O) groups excluding carboxylic acids is 1. The molecule has 1 heterocycles. The summed E-state index contributed by atoms with van der Waals surface area (Å²) in [5.74, 6) is 0.503. The number of rotatable bonds is 4. The van der Waals surface area contributed by atoms with E-state index in [0.717, 1.165) is 10.9 Å². The van der Waals surface area contributed by atoms with E-state index in [2.05, 4.69) is 10.3 Å². The number of carbonyl (C=O) groups is 1. The van der Waals surface area contributed by atoms with E-state index in [1.807, 2.05) is 24.3 Å². The number of nitrogens with zero attached hydrogens (tertiary/aromatic N) is 1. The Morgan fingerprint density at radius 3 is 2.89 bits per heavy atom. The van der Waals surface area contributed by atoms with Gasteiger partial charge in [0.1, 0.15) is 0 Å². The van der Waals surface area contributed by atoms with Crippen LogP contribution in [0, 0.1) is 5.92 Å². The summed E-state index contributed by atoms with van der Waals surface area (Å²) >= 11 is 0. The molecule has 1 fully saturated rings. The van der Waals surface area contributed by atoms with Crippen molar-refractivity contribution in [3.8, 4) is 0 Å². The molecular weight excluding hydrogens is 238 g/mol. The Hall–Kier alpha value is -1.94. The average molecular weight is 255 g/mol. The van der Waals surface area contributed by atoms with E-state index in [9.17, 15) is 4.79 Å². The van der Waals surface area contributed by atoms with E-state index in [1.54, 1.807) is 12.3 Å². The van der Waals surface area contributed by atoms with E-state index in [4.69, 9.17) is 5.73 Å². The lowest BCUT2D eigenvalue weighted by Crippen LogP contribution is -2.41. The molecule has 98 valence electrons. The predicted molar refractivity (Wildman–Crippen MR) is 74.8 cm³/mol. The second-order valence-corrected chi connectivity index (χ2v) is 5.03. The number of nitrogens with one attached hydrogen (secondary N) is 1. The third-order valence-corrected chi connectivity index (χ3v) is 3.66. The molecule has 1 aliphatic carbocycles. The largest absolute Gasteiger partial charge is 0.348 e. The zero-order valence-corrected chi connectivity index (χ0v) is 10.7. The van der Waals surface area contributed by atoms with Crippen molar-refractivity contribution in [1.29, 1.82) is 0 Å². The van der Waals surface area contributed by atoms with Crippen molar-refractivity contribution in [3.05, 3.63) is 42.1 Å². The maximum atomic E-state index is 12.4. The van der Waals surface area contributed by atoms with Crippen LogP contribution < -0.4 is 11.1 Å². The third-order valence-electron chi connectivity index (χ3n) is 3.66. The molecule has 4 nitrogen and oxygen atoms in total. The van der Waals surface area contributed by atoms with Gasteiger partial charge in [0, 0.05) is 24.2 Å². The first-order chi connectivity index (χ1) is 9.29. The Morgan fingerprint density at radius 1 is 1.37 bits per heavy atom. The second-order valence-electron chi connectivity index (χ2n) is 5.03. The Kier molecular flexibility index (Phi) is 3.17. The molecule has 4 heteroatoms. The number of amides is 1. The highest BCUT2D eigenvalue weighted by atomic mass is 16.1. The fourth-order valence-electron chi connectivity index (χ4n) is 2.41. The Labute approximate surface area is 112 Å². The number of aromatic nitrogens is 1. The molecule has 1 atom stereocenters. The van der Waals surface area contributed by atoms with E-state index in [1.165, 1.54) is 12.8 Å². The summed E-state index contributed by atoms with van der Waals surface area (Å²) in [5.41, 5.74) is 7.24. The minimum Gasteiger partial charge on any atom is -0.348 e. The molecular formula is C15H17N3O. The van der Waals surface area contributed by atoms with Crippen LogP contribution in [0.15, 0.2) is 36.5 Å². The van der Waals surface area contributed by atoms with Crippen LogP contribution in [0.3, 0.4) is 0 Å². The molecule has 2 aromatic rings. The lowest BCUT2D eigenvalue weighted by atomic mass is 10.1. The maximum absolute atomic E-state index is 12.4. The molecule has 1 saturated carbocycles. The molecule has 0 bridgehead atoms. The van der Waals surface area contributed by atoms with Crippen molar-refractivity contribution >= 4 is 16.8 Å². The summed E-state index contributed by atoms with van der Waals surface area (Å²) in [6.07, 6.45) is 4.00. The fourth-order valence-corrected chi connectivity index (χ4v) is 2.41. The minimum atomic E-state index is -0.0547. The fraction of sp³-hybridized carbons (Fsp3) is 0.333. The normalized spacial score (nSPS) is 16.3. The molecule has 1 aromatic heterocycles. The number of hydrogen-bond acceptors (Lipinski definition) is 3. The van der Waals surface area contributed by atoms with Crippen LogP contribution in [0.5, 0.6) is 0 Å². The van der Waals surface area contributed by atoms with E-state index < -0.39 is 0 Å². The lowest BCUT2D eigenvalue weighted by molar-refractivity contribution is 0.0935. The topological polar surface area (TPSA) is 68.0 Å². The first-order valence-corrected chi connectivity index (χ1v) is 6.64. The number of hydrogen-bond donors (Lipinski definition) is 2. The van der Waals surface area contributed by atoms with Gasteiger partial charge >= 0.3 is 0 Å². The second kappa shape index (κ2) is 4.97. The number of nitrogens with two attached hydrogens (primary N) is 1. The van der Waals surface area contributed by atoms with Crippen LogP contribution in [0.25, 0.3) is 10.9 Å². The molecule has 19 heavy (non-hydrogen) atoms. The van der Waals surface area contributed by atoms with Crippen LogP contribution in [-0.4, -0.2) is 23.5 Å². The van der Waals surface area contributed by atoms with Crippen LogP contribution in [0.1, 0.15) is 23.2 Å². The van der Waals surface area contributed by atoms with Crippen molar-refractivity contribution in [3.63, 3.8) is 0 Å². The molecule has 1 aliphatic rings. The van der Waals surface area contributed by atoms with Gasteiger partial charge in [-0.05, 0) is 30.9 Å². The molecule has 0 spiro atoms. The number of benzene rings is 1. The summed E-state index contributed by atoms with van der Waals surface area (Å²) in [5, 5.41) is 3.93. The van der Waals surface area contributed by atoms with Crippen molar-refractivity contribution in [2.45, 2.75) is 18.9 Å². The van der Waals surface area contributed by atoms with Crippen LogP contribution in [-0.2, 0) is 0 Å². The lowest BCUT2D eigenvalue weighted by Gasteiger charge is -2.16. The summed E-state index contributed by atoms with van der Waals surface area (Å²) < 4.78 is 0. The molecule has 1 unspecified atom stereocenters. The highest BCUT2D eigenvalue weighted by Gasteiger charge is 2.31. The zero-order chi connectivity index (χ0) is 13.2. The van der Waals surface area contributed by atoms with Gasteiger partial charge in [-0.25, -0.2) is 0 Å². The van der Waals surface area contributed by atoms with E-state index in [0.29, 0.717) is 18.0 Å². The summed E-state index contributed by atoms with van der Waals surface area (Å²) in [4.78, 5) is 16.6. The Morgan fingerprint density at radius 2 is 2.16 bits per heavy atom. The van der Waals surface area contributed by atoms with E-state index in [-0.39, 0.29) is 11.9 Å². The molecule has 1 aromatic carbocycles. The smallest absolute Gasteiger partial charge is 0.252 e. The molecule has 1 amide bonds. The van der Waals surface area contributed by atoms with Crippen LogP contribution in [0.4, 0.5) is 0 Å². The molecule has 0 aliphatic heterocycles. The standard InChI is InChI=1S/C15H17N3O/c16-9-14(10-5-6-10)18-15(19)12-7-8-17-13-4-2-1-3-11(12)13/h1-4,7-8,10,14H,5-6,9,16H2,(H,18,19). The average Bonchev–Trinajstić information content (AvgIpc) is 3.28. The van der Waals surface area contributed by atoms with Crippen molar-refractivity contribution in [1.82, 2.24) is 10.3 Å². The van der Waals surface area contributed by atoms with Gasteiger partial charge in [0.25, 0.3) is 5.91 Å². The minimum absolute atomic E-state index is 0.0547. The summed E-state index contributed by atoms with van der Waals surface area (Å²) in [6.45, 7) is 0.499. The highest BCUT2D eigenvalue weighted by molar-refractivity contribution is 6.06. The highest BCUT2D eigenvalue weighted by Crippen LogP contribution is 2.32. The Balaban J connectivity index is 1.88. The van der Waals surface area contributed by atoms with Crippen molar-refractivity contribution < 1.29 is 4.79 Å². The first-order valence-electron chi connectivity index (χ1n) is 6.64. The molecule has 3 rings (SSSR count). The third kappa shape index (κ3) is 2.44. The molecule has 0 radical (unpaired) electrons. The van der Waals surface area contributed by atoms with Gasteiger partial charge in [-0.15, -0.1) is 0 Å². The van der Waals surface area contributed by atoms with Crippen LogP contribution >= 0.6 is 0 Å². The van der Waals surface area contributed by atoms with Gasteiger partial charge in [-0.1, -0.05) is 18.2 Å². The van der Waals surface area contributed by atoms with Crippen molar-refractivity contribution in [2.24, 2.45) is 11.7 Å². The van der Waals surface area contributed by atoms with E-state index >= 15 is 0 Å². The van der Waals surface area contributed by atoms with Crippen LogP contribution in [0.2, 0.25) is 0 Å². The maximum Gasteiger partial charge on any atom is 0.252 e. The number of para-hydroxylation sites is 1. The predicted octanol–water partition coefficient (Wildman–Crippen LogP) is 1.70. The SMILES string of the molecule is NCC(NC(=O)c1ccnc2ccccc12)C1CC1. The van der Waals surface area contributed by atoms with Gasteiger partial charge < -0.3 is 11.1 Å². The first kappa shape index (κ1) is 12.1. The zero-order valence-electron chi connectivity index (χ0n) is 10.7. The number of pyridine rings is 1. The van der Waals surface area contributed by atoms with Gasteiger partial charge in [-0.2, -0.15) is 0 Å². The number of fused-ring (bicyclic) bond motifs is 1. The molecule has 3 N–H and O–H groups in total. The van der Waals surface area contributed by atoms with Gasteiger partial charge in [0.2, 0.25) is 0 Å². The summed E-state index contributed by atoms with van der Waals surface area (Å²) in [7, 11) is 0. The van der Waals surface area contributed by atoms with Gasteiger partial charge in [0.05, 0.1) is 11.1 Å². The monoisotopic (exact) mass is 255 g/mol. The Bertz CT molecular complexity index is 602.